The Morgan fingerprint density at radius 3 is 2.42 bits per heavy atom. The Morgan fingerprint density at radius 2 is 1.92 bits per heavy atom. The van der Waals surface area contributed by atoms with Crippen LogP contribution in [0.25, 0.3) is 0 Å². The maximum Gasteiger partial charge on any atom is 0.396 e. The molecule has 0 aromatic heterocycles. The monoisotopic (exact) mass is 173 g/mol. The van der Waals surface area contributed by atoms with Gasteiger partial charge >= 0.3 is 11.9 Å². The fraction of sp³-hybridized carbons (Fsp3) is 0.714. The number of nitrogens with zero attached hydrogens (tertiary/aromatic N) is 1. The van der Waals surface area contributed by atoms with E-state index in [0.29, 0.717) is 26.3 Å². The Bertz CT molecular complexity index is 186. The molecular formula is C7H11NO4. The van der Waals surface area contributed by atoms with Gasteiger partial charge in [-0.3, -0.25) is 4.79 Å². The largest absolute Gasteiger partial charge is 0.462 e. The van der Waals surface area contributed by atoms with Crippen LogP contribution in [0.15, 0.2) is 0 Å². The van der Waals surface area contributed by atoms with E-state index in [2.05, 4.69) is 4.74 Å². The van der Waals surface area contributed by atoms with Crippen LogP contribution in [-0.2, 0) is 19.1 Å². The van der Waals surface area contributed by atoms with Gasteiger partial charge in [-0.25, -0.2) is 4.79 Å². The van der Waals surface area contributed by atoms with Crippen molar-refractivity contribution < 1.29 is 19.1 Å². The van der Waals surface area contributed by atoms with Crippen LogP contribution in [0, 0.1) is 0 Å². The number of ether oxygens (including phenoxy) is 2. The zero-order chi connectivity index (χ0) is 8.97. The predicted molar refractivity (Wildman–Crippen MR) is 39.4 cm³/mol. The smallest absolute Gasteiger partial charge is 0.396 e. The molecule has 0 bridgehead atoms. The molecule has 0 aliphatic carbocycles. The molecule has 1 amide bonds. The Balaban J connectivity index is 2.45. The van der Waals surface area contributed by atoms with Crippen molar-refractivity contribution in [1.29, 1.82) is 0 Å². The van der Waals surface area contributed by atoms with Gasteiger partial charge in [0, 0.05) is 13.1 Å². The lowest BCUT2D eigenvalue weighted by molar-refractivity contribution is -0.160. The van der Waals surface area contributed by atoms with Crippen LogP contribution in [0.5, 0.6) is 0 Å². The summed E-state index contributed by atoms with van der Waals surface area (Å²) in [4.78, 5) is 23.3. The molecule has 5 nitrogen and oxygen atoms in total. The number of morpholine rings is 1. The normalized spacial score (nSPS) is 17.2. The van der Waals surface area contributed by atoms with Crippen LogP contribution < -0.4 is 0 Å². The van der Waals surface area contributed by atoms with E-state index in [1.807, 2.05) is 0 Å². The first-order valence-corrected chi connectivity index (χ1v) is 3.70. The molecule has 1 aliphatic rings. The summed E-state index contributed by atoms with van der Waals surface area (Å²) in [6.07, 6.45) is 0. The molecule has 1 heterocycles. The number of esters is 1. The van der Waals surface area contributed by atoms with E-state index in [0.717, 1.165) is 0 Å². The van der Waals surface area contributed by atoms with Crippen molar-refractivity contribution in [3.63, 3.8) is 0 Å². The minimum absolute atomic E-state index is 0.466. The molecular weight excluding hydrogens is 162 g/mol. The fourth-order valence-electron chi connectivity index (χ4n) is 0.983. The molecule has 0 N–H and O–H groups in total. The zero-order valence-corrected chi connectivity index (χ0v) is 6.91. The van der Waals surface area contributed by atoms with Crippen LogP contribution in [-0.4, -0.2) is 50.2 Å². The Hall–Kier alpha value is -1.10. The first-order valence-electron chi connectivity index (χ1n) is 3.70. The second-order valence-corrected chi connectivity index (χ2v) is 2.40. The highest BCUT2D eigenvalue weighted by Crippen LogP contribution is 1.97. The summed E-state index contributed by atoms with van der Waals surface area (Å²) >= 11 is 0. The standard InChI is InChI=1S/C7H11NO4/c1-11-7(10)6(9)8-2-4-12-5-3-8/h2-5H2,1H3. The van der Waals surface area contributed by atoms with Crippen LogP contribution in [0.2, 0.25) is 0 Å². The molecule has 1 aliphatic heterocycles. The lowest BCUT2D eigenvalue weighted by Gasteiger charge is -2.25. The van der Waals surface area contributed by atoms with Gasteiger partial charge in [0.05, 0.1) is 20.3 Å². The van der Waals surface area contributed by atoms with Crippen molar-refractivity contribution in [2.75, 3.05) is 33.4 Å². The third-order valence-electron chi connectivity index (χ3n) is 1.66. The summed E-state index contributed by atoms with van der Waals surface area (Å²) in [5.41, 5.74) is 0. The average Bonchev–Trinajstić information content (AvgIpc) is 2.17. The van der Waals surface area contributed by atoms with Crippen molar-refractivity contribution >= 4 is 11.9 Å². The number of hydrogen-bond donors (Lipinski definition) is 0. The molecule has 12 heavy (non-hydrogen) atoms. The van der Waals surface area contributed by atoms with Crippen LogP contribution in [0.3, 0.4) is 0 Å². The summed E-state index contributed by atoms with van der Waals surface area (Å²) < 4.78 is 9.31. The number of carbonyl (C=O) groups excluding carboxylic acids is 2. The molecule has 0 spiro atoms. The minimum atomic E-state index is -0.808. The molecule has 0 radical (unpaired) electrons. The van der Waals surface area contributed by atoms with Gasteiger partial charge < -0.3 is 14.4 Å². The Labute approximate surface area is 70.2 Å². The van der Waals surface area contributed by atoms with Crippen molar-refractivity contribution in [2.45, 2.75) is 0 Å². The van der Waals surface area contributed by atoms with Gasteiger partial charge in [0.2, 0.25) is 0 Å². The van der Waals surface area contributed by atoms with Crippen LogP contribution >= 0.6 is 0 Å². The maximum atomic E-state index is 11.1. The molecule has 0 atom stereocenters. The molecule has 0 unspecified atom stereocenters. The first kappa shape index (κ1) is 8.99. The first-order chi connectivity index (χ1) is 5.75. The topological polar surface area (TPSA) is 55.8 Å². The van der Waals surface area contributed by atoms with Gasteiger partial charge in [-0.1, -0.05) is 0 Å². The van der Waals surface area contributed by atoms with E-state index in [9.17, 15) is 9.59 Å². The number of amides is 1. The van der Waals surface area contributed by atoms with Crippen LogP contribution in [0.1, 0.15) is 0 Å². The van der Waals surface area contributed by atoms with Gasteiger partial charge in [-0.15, -0.1) is 0 Å². The number of rotatable bonds is 0. The minimum Gasteiger partial charge on any atom is -0.462 e. The van der Waals surface area contributed by atoms with Gasteiger partial charge in [-0.2, -0.15) is 0 Å². The Morgan fingerprint density at radius 1 is 1.33 bits per heavy atom. The van der Waals surface area contributed by atoms with Crippen molar-refractivity contribution in [1.82, 2.24) is 4.90 Å². The quantitative estimate of drug-likeness (QED) is 0.349. The SMILES string of the molecule is COC(=O)C(=O)N1CCOCC1. The lowest BCUT2D eigenvalue weighted by atomic mass is 10.4. The number of hydrogen-bond acceptors (Lipinski definition) is 4. The Kier molecular flexibility index (Phi) is 3.04. The highest BCUT2D eigenvalue weighted by Gasteiger charge is 2.23. The predicted octanol–water partition coefficient (Wildman–Crippen LogP) is -0.982. The lowest BCUT2D eigenvalue weighted by Crippen LogP contribution is -2.44. The second kappa shape index (κ2) is 4.06. The van der Waals surface area contributed by atoms with Gasteiger partial charge in [-0.05, 0) is 0 Å². The van der Waals surface area contributed by atoms with E-state index in [1.165, 1.54) is 12.0 Å². The second-order valence-electron chi connectivity index (χ2n) is 2.40. The molecule has 1 fully saturated rings. The molecule has 0 aromatic carbocycles. The van der Waals surface area contributed by atoms with Gasteiger partial charge in [0.15, 0.2) is 0 Å². The molecule has 0 aromatic rings. The molecule has 5 heteroatoms. The average molecular weight is 173 g/mol. The molecule has 0 saturated carbocycles. The van der Waals surface area contributed by atoms with Gasteiger partial charge in [0.25, 0.3) is 0 Å². The third-order valence-corrected chi connectivity index (χ3v) is 1.66. The zero-order valence-electron chi connectivity index (χ0n) is 6.91. The van der Waals surface area contributed by atoms with Crippen molar-refractivity contribution in [3.05, 3.63) is 0 Å². The number of carbonyl (C=O) groups is 2. The van der Waals surface area contributed by atoms with Crippen molar-refractivity contribution in [3.8, 4) is 0 Å². The van der Waals surface area contributed by atoms with Crippen LogP contribution in [0.4, 0.5) is 0 Å². The highest BCUT2D eigenvalue weighted by atomic mass is 16.5. The summed E-state index contributed by atoms with van der Waals surface area (Å²) in [5, 5.41) is 0. The molecule has 68 valence electrons. The van der Waals surface area contributed by atoms with Crippen molar-refractivity contribution in [2.24, 2.45) is 0 Å². The summed E-state index contributed by atoms with van der Waals surface area (Å²) in [5.74, 6) is -1.39. The highest BCUT2D eigenvalue weighted by molar-refractivity contribution is 6.32. The van der Waals surface area contributed by atoms with E-state index >= 15 is 0 Å². The summed E-state index contributed by atoms with van der Waals surface area (Å²) in [6.45, 7) is 1.91. The van der Waals surface area contributed by atoms with E-state index in [-0.39, 0.29) is 0 Å². The van der Waals surface area contributed by atoms with Gasteiger partial charge in [0.1, 0.15) is 0 Å². The third kappa shape index (κ3) is 1.94. The summed E-state index contributed by atoms with van der Waals surface area (Å²) in [7, 11) is 1.20. The van der Waals surface area contributed by atoms with E-state index < -0.39 is 11.9 Å². The summed E-state index contributed by atoms with van der Waals surface area (Å²) in [6, 6.07) is 0. The maximum absolute atomic E-state index is 11.1. The molecule has 1 saturated heterocycles. The van der Waals surface area contributed by atoms with E-state index in [4.69, 9.17) is 4.74 Å². The molecule has 1 rings (SSSR count). The number of methoxy groups -OCH3 is 1. The van der Waals surface area contributed by atoms with E-state index in [1.54, 1.807) is 0 Å². The fourth-order valence-corrected chi connectivity index (χ4v) is 0.983.